The average molecular weight is 260 g/mol. The van der Waals surface area contributed by atoms with Crippen molar-refractivity contribution in [2.75, 3.05) is 6.61 Å². The third-order valence-electron chi connectivity index (χ3n) is 2.66. The van der Waals surface area contributed by atoms with Crippen molar-refractivity contribution in [2.45, 2.75) is 20.0 Å². The third-order valence-corrected chi connectivity index (χ3v) is 2.66. The van der Waals surface area contributed by atoms with Crippen LogP contribution in [0.15, 0.2) is 36.5 Å². The van der Waals surface area contributed by atoms with Crippen LogP contribution in [0.4, 0.5) is 0 Å². The van der Waals surface area contributed by atoms with Gasteiger partial charge in [0, 0.05) is 0 Å². The number of nitrogens with one attached hydrogen (secondary N) is 1. The lowest BCUT2D eigenvalue weighted by Gasteiger charge is -2.14. The van der Waals surface area contributed by atoms with Crippen LogP contribution in [0.1, 0.15) is 35.9 Å². The molecular formula is C14H16N2O3. The lowest BCUT2D eigenvalue weighted by Crippen LogP contribution is -2.09. The number of benzene rings is 1. The van der Waals surface area contributed by atoms with E-state index in [0.29, 0.717) is 18.1 Å². The SMILES string of the molecule is CCOC(=O)c1cn[nH]c1OC(C)c1ccccc1. The molecule has 19 heavy (non-hydrogen) atoms. The molecule has 1 aromatic carbocycles. The summed E-state index contributed by atoms with van der Waals surface area (Å²) in [6.07, 6.45) is 1.22. The van der Waals surface area contributed by atoms with Crippen LogP contribution in [0.25, 0.3) is 0 Å². The highest BCUT2D eigenvalue weighted by Gasteiger charge is 2.18. The van der Waals surface area contributed by atoms with Crippen molar-refractivity contribution in [3.8, 4) is 5.88 Å². The van der Waals surface area contributed by atoms with E-state index in [1.165, 1.54) is 6.20 Å². The largest absolute Gasteiger partial charge is 0.469 e. The highest BCUT2D eigenvalue weighted by molar-refractivity contribution is 5.91. The molecule has 5 heteroatoms. The summed E-state index contributed by atoms with van der Waals surface area (Å²) in [7, 11) is 0. The van der Waals surface area contributed by atoms with Crippen molar-refractivity contribution in [2.24, 2.45) is 0 Å². The number of ether oxygens (including phenoxy) is 2. The topological polar surface area (TPSA) is 64.2 Å². The first-order chi connectivity index (χ1) is 9.22. The van der Waals surface area contributed by atoms with E-state index in [4.69, 9.17) is 9.47 Å². The third kappa shape index (κ3) is 3.13. The fraction of sp³-hybridized carbons (Fsp3) is 0.286. The molecule has 0 aliphatic carbocycles. The van der Waals surface area contributed by atoms with Crippen molar-refractivity contribution in [1.82, 2.24) is 10.2 Å². The number of aromatic nitrogens is 2. The van der Waals surface area contributed by atoms with Gasteiger partial charge >= 0.3 is 5.97 Å². The van der Waals surface area contributed by atoms with Gasteiger partial charge < -0.3 is 9.47 Å². The number of aromatic amines is 1. The smallest absolute Gasteiger partial charge is 0.345 e. The first-order valence-electron chi connectivity index (χ1n) is 6.14. The average Bonchev–Trinajstić information content (AvgIpc) is 2.88. The minimum Gasteiger partial charge on any atom is -0.469 e. The highest BCUT2D eigenvalue weighted by Crippen LogP contribution is 2.23. The number of rotatable bonds is 5. The number of carbonyl (C=O) groups excluding carboxylic acids is 1. The molecule has 1 atom stereocenters. The number of esters is 1. The maximum Gasteiger partial charge on any atom is 0.345 e. The molecule has 5 nitrogen and oxygen atoms in total. The molecule has 1 N–H and O–H groups in total. The maximum atomic E-state index is 11.7. The summed E-state index contributed by atoms with van der Waals surface area (Å²) in [5, 5.41) is 6.49. The molecule has 0 amide bonds. The summed E-state index contributed by atoms with van der Waals surface area (Å²) >= 11 is 0. The molecule has 2 rings (SSSR count). The Morgan fingerprint density at radius 3 is 2.79 bits per heavy atom. The second-order valence-electron chi connectivity index (χ2n) is 4.00. The van der Waals surface area contributed by atoms with Gasteiger partial charge in [-0.3, -0.25) is 0 Å². The van der Waals surface area contributed by atoms with Gasteiger partial charge in [0.05, 0.1) is 12.8 Å². The molecule has 0 radical (unpaired) electrons. The van der Waals surface area contributed by atoms with Crippen LogP contribution < -0.4 is 4.74 Å². The van der Waals surface area contributed by atoms with E-state index >= 15 is 0 Å². The van der Waals surface area contributed by atoms with E-state index < -0.39 is 5.97 Å². The van der Waals surface area contributed by atoms with Crippen LogP contribution in [0.5, 0.6) is 5.88 Å². The standard InChI is InChI=1S/C14H16N2O3/c1-3-18-14(17)12-9-15-16-13(12)19-10(2)11-7-5-4-6-8-11/h4-10H,3H2,1-2H3,(H,15,16). The molecule has 100 valence electrons. The van der Waals surface area contributed by atoms with Gasteiger partial charge in [0.15, 0.2) is 0 Å². The van der Waals surface area contributed by atoms with Crippen molar-refractivity contribution >= 4 is 5.97 Å². The fourth-order valence-corrected chi connectivity index (χ4v) is 1.69. The van der Waals surface area contributed by atoms with Gasteiger partial charge in [-0.15, -0.1) is 0 Å². The Hall–Kier alpha value is -2.30. The lowest BCUT2D eigenvalue weighted by atomic mass is 10.1. The molecule has 0 aliphatic heterocycles. The second kappa shape index (κ2) is 6.04. The molecule has 0 fully saturated rings. The minimum atomic E-state index is -0.438. The Labute approximate surface area is 111 Å². The number of hydrogen-bond acceptors (Lipinski definition) is 4. The van der Waals surface area contributed by atoms with E-state index in [0.717, 1.165) is 5.56 Å². The van der Waals surface area contributed by atoms with Crippen molar-refractivity contribution in [1.29, 1.82) is 0 Å². The number of carbonyl (C=O) groups is 1. The molecule has 1 aromatic heterocycles. The molecule has 0 spiro atoms. The van der Waals surface area contributed by atoms with Gasteiger partial charge in [-0.1, -0.05) is 30.3 Å². The number of nitrogens with zero attached hydrogens (tertiary/aromatic N) is 1. The van der Waals surface area contributed by atoms with E-state index in [1.54, 1.807) is 6.92 Å². The molecule has 0 bridgehead atoms. The van der Waals surface area contributed by atoms with Gasteiger partial charge in [-0.2, -0.15) is 5.10 Å². The fourth-order valence-electron chi connectivity index (χ4n) is 1.69. The van der Waals surface area contributed by atoms with Gasteiger partial charge in [-0.05, 0) is 19.4 Å². The molecular weight excluding hydrogens is 244 g/mol. The van der Waals surface area contributed by atoms with Crippen LogP contribution in [0, 0.1) is 0 Å². The Kier molecular flexibility index (Phi) is 4.18. The van der Waals surface area contributed by atoms with Crippen LogP contribution in [0.2, 0.25) is 0 Å². The van der Waals surface area contributed by atoms with Crippen molar-refractivity contribution in [3.05, 3.63) is 47.7 Å². The van der Waals surface area contributed by atoms with E-state index in [9.17, 15) is 4.79 Å². The summed E-state index contributed by atoms with van der Waals surface area (Å²) < 4.78 is 10.7. The summed E-state index contributed by atoms with van der Waals surface area (Å²) in [6.45, 7) is 3.98. The Morgan fingerprint density at radius 1 is 1.37 bits per heavy atom. The summed E-state index contributed by atoms with van der Waals surface area (Å²) in [5.74, 6) is -0.110. The molecule has 1 heterocycles. The van der Waals surface area contributed by atoms with Gasteiger partial charge in [-0.25, -0.2) is 9.89 Å². The Balaban J connectivity index is 2.12. The van der Waals surface area contributed by atoms with Gasteiger partial charge in [0.1, 0.15) is 11.7 Å². The predicted octanol–water partition coefficient (Wildman–Crippen LogP) is 2.73. The zero-order chi connectivity index (χ0) is 13.7. The van der Waals surface area contributed by atoms with E-state index in [-0.39, 0.29) is 6.10 Å². The first kappa shape index (κ1) is 13.1. The van der Waals surface area contributed by atoms with Crippen LogP contribution in [0.3, 0.4) is 0 Å². The summed E-state index contributed by atoms with van der Waals surface area (Å²) in [6, 6.07) is 9.75. The highest BCUT2D eigenvalue weighted by atomic mass is 16.5. The molecule has 2 aromatic rings. The quantitative estimate of drug-likeness (QED) is 0.839. The predicted molar refractivity (Wildman–Crippen MR) is 70.0 cm³/mol. The Bertz CT molecular complexity index is 537. The minimum absolute atomic E-state index is 0.185. The maximum absolute atomic E-state index is 11.7. The van der Waals surface area contributed by atoms with Crippen LogP contribution >= 0.6 is 0 Å². The number of H-pyrrole nitrogens is 1. The Morgan fingerprint density at radius 2 is 2.11 bits per heavy atom. The normalized spacial score (nSPS) is 11.9. The van der Waals surface area contributed by atoms with Crippen molar-refractivity contribution in [3.63, 3.8) is 0 Å². The van der Waals surface area contributed by atoms with Crippen LogP contribution in [-0.2, 0) is 4.74 Å². The van der Waals surface area contributed by atoms with E-state index in [1.807, 2.05) is 37.3 Å². The molecule has 1 unspecified atom stereocenters. The zero-order valence-corrected chi connectivity index (χ0v) is 10.9. The summed E-state index contributed by atoms with van der Waals surface area (Å²) in [4.78, 5) is 11.7. The van der Waals surface area contributed by atoms with Gasteiger partial charge in [0.2, 0.25) is 5.88 Å². The lowest BCUT2D eigenvalue weighted by molar-refractivity contribution is 0.0519. The zero-order valence-electron chi connectivity index (χ0n) is 10.9. The molecule has 0 saturated carbocycles. The second-order valence-corrected chi connectivity index (χ2v) is 4.00. The number of hydrogen-bond donors (Lipinski definition) is 1. The van der Waals surface area contributed by atoms with Crippen LogP contribution in [-0.4, -0.2) is 22.8 Å². The van der Waals surface area contributed by atoms with Crippen molar-refractivity contribution < 1.29 is 14.3 Å². The van der Waals surface area contributed by atoms with Gasteiger partial charge in [0.25, 0.3) is 0 Å². The molecule has 0 saturated heterocycles. The first-order valence-corrected chi connectivity index (χ1v) is 6.14. The summed E-state index contributed by atoms with van der Waals surface area (Å²) in [5.41, 5.74) is 1.33. The monoisotopic (exact) mass is 260 g/mol. The van der Waals surface area contributed by atoms with E-state index in [2.05, 4.69) is 10.2 Å². The molecule has 0 aliphatic rings.